The van der Waals surface area contributed by atoms with Crippen LogP contribution < -0.4 is 10.6 Å². The number of carbonyl (C=O) groups excluding carboxylic acids is 2. The Balaban J connectivity index is 1.81. The maximum atomic E-state index is 13.1. The van der Waals surface area contributed by atoms with Gasteiger partial charge in [-0.3, -0.25) is 4.79 Å². The van der Waals surface area contributed by atoms with Crippen LogP contribution >= 0.6 is 0 Å². The predicted octanol–water partition coefficient (Wildman–Crippen LogP) is 6.06. The van der Waals surface area contributed by atoms with Gasteiger partial charge >= 0.3 is 6.03 Å². The van der Waals surface area contributed by atoms with Crippen molar-refractivity contribution in [3.63, 3.8) is 0 Å². The first-order valence-electron chi connectivity index (χ1n) is 12.2. The van der Waals surface area contributed by atoms with Crippen LogP contribution in [0, 0.1) is 13.8 Å². The van der Waals surface area contributed by atoms with E-state index in [1.165, 1.54) is 0 Å². The van der Waals surface area contributed by atoms with E-state index in [-0.39, 0.29) is 23.9 Å². The number of hydrogen-bond donors (Lipinski definition) is 2. The molecule has 3 amide bonds. The predicted molar refractivity (Wildman–Crippen MR) is 142 cm³/mol. The van der Waals surface area contributed by atoms with Crippen LogP contribution in [0.5, 0.6) is 0 Å². The second kappa shape index (κ2) is 11.2. The van der Waals surface area contributed by atoms with Crippen LogP contribution in [-0.2, 0) is 10.2 Å². The van der Waals surface area contributed by atoms with Crippen molar-refractivity contribution in [2.24, 2.45) is 0 Å². The Kier molecular flexibility index (Phi) is 8.33. The molecule has 0 aliphatic heterocycles. The maximum absolute atomic E-state index is 13.1. The summed E-state index contributed by atoms with van der Waals surface area (Å²) in [5.74, 6) is 0.315. The molecular weight excluding hydrogens is 438 g/mol. The first-order chi connectivity index (χ1) is 16.6. The van der Waals surface area contributed by atoms with E-state index >= 15 is 0 Å². The van der Waals surface area contributed by atoms with E-state index in [0.717, 1.165) is 35.3 Å². The number of anilines is 2. The average molecular weight is 476 g/mol. The summed E-state index contributed by atoms with van der Waals surface area (Å²) >= 11 is 0. The van der Waals surface area contributed by atoms with Gasteiger partial charge in [-0.25, -0.2) is 9.48 Å². The fourth-order valence-electron chi connectivity index (χ4n) is 3.68. The van der Waals surface area contributed by atoms with Gasteiger partial charge in [0.15, 0.2) is 0 Å². The van der Waals surface area contributed by atoms with Crippen molar-refractivity contribution in [3.05, 3.63) is 71.4 Å². The summed E-state index contributed by atoms with van der Waals surface area (Å²) in [5.41, 5.74) is 4.43. The highest BCUT2D eigenvalue weighted by Gasteiger charge is 2.23. The fraction of sp³-hybridized carbons (Fsp3) is 0.393. The third-order valence-electron chi connectivity index (χ3n) is 5.66. The third-order valence-corrected chi connectivity index (χ3v) is 5.66. The summed E-state index contributed by atoms with van der Waals surface area (Å²) in [6.07, 6.45) is 1.73. The molecule has 7 heteroatoms. The molecule has 1 aromatic heterocycles. The van der Waals surface area contributed by atoms with Gasteiger partial charge in [0, 0.05) is 23.7 Å². The molecule has 35 heavy (non-hydrogen) atoms. The van der Waals surface area contributed by atoms with E-state index in [2.05, 4.69) is 38.3 Å². The van der Waals surface area contributed by atoms with Gasteiger partial charge in [0.05, 0.1) is 11.4 Å². The Morgan fingerprint density at radius 3 is 2.29 bits per heavy atom. The lowest BCUT2D eigenvalue weighted by Gasteiger charge is -2.22. The molecule has 0 fully saturated rings. The van der Waals surface area contributed by atoms with Crippen LogP contribution in [0.3, 0.4) is 0 Å². The Hall–Kier alpha value is -3.61. The molecule has 0 aliphatic carbocycles. The van der Waals surface area contributed by atoms with Gasteiger partial charge < -0.3 is 15.5 Å². The second-order valence-electron chi connectivity index (χ2n) is 10.0. The highest BCUT2D eigenvalue weighted by Crippen LogP contribution is 2.26. The van der Waals surface area contributed by atoms with Gasteiger partial charge in [0.25, 0.3) is 0 Å². The van der Waals surface area contributed by atoms with E-state index in [0.29, 0.717) is 18.1 Å². The second-order valence-corrected chi connectivity index (χ2v) is 10.0. The Morgan fingerprint density at radius 1 is 0.971 bits per heavy atom. The quantitative estimate of drug-likeness (QED) is 0.416. The SMILES string of the molecule is CCCCN(CC(=O)Nc1cc(C(C)(C)C)nn1-c1cccc(C)c1)C(=O)Nc1cccc(C)c1. The van der Waals surface area contributed by atoms with Crippen LogP contribution in [0.25, 0.3) is 5.69 Å². The zero-order valence-electron chi connectivity index (χ0n) is 21.7. The molecule has 0 spiro atoms. The first-order valence-corrected chi connectivity index (χ1v) is 12.2. The van der Waals surface area contributed by atoms with Gasteiger partial charge in [-0.1, -0.05) is 58.4 Å². The Morgan fingerprint density at radius 2 is 1.66 bits per heavy atom. The van der Waals surface area contributed by atoms with Crippen molar-refractivity contribution < 1.29 is 9.59 Å². The normalized spacial score (nSPS) is 11.3. The number of unbranched alkanes of at least 4 members (excludes halogenated alkanes) is 1. The molecule has 0 unspecified atom stereocenters. The minimum atomic E-state index is -0.290. The molecule has 0 bridgehead atoms. The molecule has 3 aromatic rings. The molecule has 1 heterocycles. The minimum absolute atomic E-state index is 0.0541. The van der Waals surface area contributed by atoms with Crippen molar-refractivity contribution in [1.29, 1.82) is 0 Å². The van der Waals surface area contributed by atoms with E-state index in [9.17, 15) is 9.59 Å². The molecular formula is C28H37N5O2. The number of amides is 3. The highest BCUT2D eigenvalue weighted by molar-refractivity contribution is 5.96. The van der Waals surface area contributed by atoms with E-state index in [1.807, 2.05) is 68.4 Å². The monoisotopic (exact) mass is 475 g/mol. The van der Waals surface area contributed by atoms with Gasteiger partial charge in [-0.2, -0.15) is 5.10 Å². The number of carbonyl (C=O) groups is 2. The lowest BCUT2D eigenvalue weighted by atomic mass is 9.92. The molecule has 2 aromatic carbocycles. The van der Waals surface area contributed by atoms with Crippen molar-refractivity contribution in [2.75, 3.05) is 23.7 Å². The molecule has 0 saturated carbocycles. The minimum Gasteiger partial charge on any atom is -0.315 e. The number of aromatic nitrogens is 2. The molecule has 0 aliphatic rings. The summed E-state index contributed by atoms with van der Waals surface area (Å²) in [7, 11) is 0. The van der Waals surface area contributed by atoms with Crippen LogP contribution in [0.4, 0.5) is 16.3 Å². The third kappa shape index (κ3) is 7.18. The van der Waals surface area contributed by atoms with Gasteiger partial charge in [-0.15, -0.1) is 0 Å². The largest absolute Gasteiger partial charge is 0.322 e. The number of aryl methyl sites for hydroxylation is 2. The summed E-state index contributed by atoms with van der Waals surface area (Å²) in [6.45, 7) is 12.8. The Labute approximate surface area is 208 Å². The van der Waals surface area contributed by atoms with Gasteiger partial charge in [0.1, 0.15) is 12.4 Å². The zero-order valence-corrected chi connectivity index (χ0v) is 21.7. The number of hydrogen-bond acceptors (Lipinski definition) is 3. The number of nitrogens with one attached hydrogen (secondary N) is 2. The number of urea groups is 1. The van der Waals surface area contributed by atoms with Crippen LogP contribution in [0.15, 0.2) is 54.6 Å². The van der Waals surface area contributed by atoms with E-state index in [1.54, 1.807) is 9.58 Å². The van der Waals surface area contributed by atoms with Crippen molar-refractivity contribution in [1.82, 2.24) is 14.7 Å². The average Bonchev–Trinajstić information content (AvgIpc) is 3.21. The highest BCUT2D eigenvalue weighted by atomic mass is 16.2. The first kappa shape index (κ1) is 26.0. The van der Waals surface area contributed by atoms with Gasteiger partial charge in [0.2, 0.25) is 5.91 Å². The Bertz CT molecular complexity index is 1180. The molecule has 0 saturated heterocycles. The van der Waals surface area contributed by atoms with E-state index < -0.39 is 0 Å². The summed E-state index contributed by atoms with van der Waals surface area (Å²) < 4.78 is 1.76. The molecule has 2 N–H and O–H groups in total. The molecule has 3 rings (SSSR count). The lowest BCUT2D eigenvalue weighted by Crippen LogP contribution is -2.41. The summed E-state index contributed by atoms with van der Waals surface area (Å²) in [4.78, 5) is 27.7. The van der Waals surface area contributed by atoms with Crippen LogP contribution in [0.1, 0.15) is 57.4 Å². The van der Waals surface area contributed by atoms with Crippen LogP contribution in [0.2, 0.25) is 0 Å². The van der Waals surface area contributed by atoms with E-state index in [4.69, 9.17) is 5.10 Å². The molecule has 186 valence electrons. The fourth-order valence-corrected chi connectivity index (χ4v) is 3.68. The summed E-state index contributed by atoms with van der Waals surface area (Å²) in [6, 6.07) is 17.2. The maximum Gasteiger partial charge on any atom is 0.322 e. The topological polar surface area (TPSA) is 79.3 Å². The van der Waals surface area contributed by atoms with Gasteiger partial charge in [-0.05, 0) is 55.7 Å². The molecule has 0 atom stereocenters. The number of nitrogens with zero attached hydrogens (tertiary/aromatic N) is 3. The van der Waals surface area contributed by atoms with Crippen LogP contribution in [-0.4, -0.2) is 39.7 Å². The smallest absolute Gasteiger partial charge is 0.315 e. The van der Waals surface area contributed by atoms with Crippen molar-refractivity contribution in [2.45, 2.75) is 59.8 Å². The zero-order chi connectivity index (χ0) is 25.6. The standard InChI is InChI=1S/C28H37N5O2/c1-7-8-15-32(27(35)29-22-13-9-11-20(2)16-22)19-26(34)30-25-18-24(28(4,5)6)31-33(25)23-14-10-12-21(3)17-23/h9-14,16-18H,7-8,15,19H2,1-6H3,(H,29,35)(H,30,34). The van der Waals surface area contributed by atoms with Crippen molar-refractivity contribution in [3.8, 4) is 5.69 Å². The molecule has 0 radical (unpaired) electrons. The lowest BCUT2D eigenvalue weighted by molar-refractivity contribution is -0.116. The summed E-state index contributed by atoms with van der Waals surface area (Å²) in [5, 5.41) is 10.7. The molecule has 7 nitrogen and oxygen atoms in total. The number of rotatable bonds is 8. The van der Waals surface area contributed by atoms with Crippen molar-refractivity contribution >= 4 is 23.4 Å². The number of benzene rings is 2.